The lowest BCUT2D eigenvalue weighted by Crippen LogP contribution is -2.23. The molecule has 1 aliphatic heterocycles. The van der Waals surface area contributed by atoms with Crippen LogP contribution in [0.3, 0.4) is 0 Å². The van der Waals surface area contributed by atoms with Gasteiger partial charge < -0.3 is 9.84 Å². The van der Waals surface area contributed by atoms with Crippen molar-refractivity contribution in [3.05, 3.63) is 42.5 Å². The molecule has 0 saturated heterocycles. The van der Waals surface area contributed by atoms with E-state index in [0.29, 0.717) is 6.61 Å². The molecule has 0 aliphatic carbocycles. The minimum atomic E-state index is -0.470. The van der Waals surface area contributed by atoms with Crippen LogP contribution in [0.4, 0.5) is 0 Å². The number of aliphatic hydroxyl groups excluding tert-OH is 1. The lowest BCUT2D eigenvalue weighted by atomic mass is 9.93. The fourth-order valence-electron chi connectivity index (χ4n) is 1.56. The third-order valence-corrected chi connectivity index (χ3v) is 2.38. The van der Waals surface area contributed by atoms with Crippen LogP contribution in [0.15, 0.2) is 36.9 Å². The number of benzene rings is 1. The van der Waals surface area contributed by atoms with E-state index < -0.39 is 6.10 Å². The first-order chi connectivity index (χ1) is 6.33. The molecule has 1 aromatic rings. The Morgan fingerprint density at radius 1 is 1.46 bits per heavy atom. The molecule has 1 aliphatic rings. The van der Waals surface area contributed by atoms with E-state index in [4.69, 9.17) is 4.74 Å². The van der Waals surface area contributed by atoms with Crippen molar-refractivity contribution in [3.63, 3.8) is 0 Å². The van der Waals surface area contributed by atoms with Gasteiger partial charge in [0, 0.05) is 11.5 Å². The van der Waals surface area contributed by atoms with Gasteiger partial charge >= 0.3 is 0 Å². The number of rotatable bonds is 1. The highest BCUT2D eigenvalue weighted by Gasteiger charge is 2.26. The lowest BCUT2D eigenvalue weighted by Gasteiger charge is -2.27. The van der Waals surface area contributed by atoms with Gasteiger partial charge in [-0.2, -0.15) is 0 Å². The first-order valence-electron chi connectivity index (χ1n) is 4.35. The zero-order valence-electron chi connectivity index (χ0n) is 7.31. The highest BCUT2D eigenvalue weighted by Crippen LogP contribution is 2.35. The molecule has 2 nitrogen and oxygen atoms in total. The molecule has 0 bridgehead atoms. The van der Waals surface area contributed by atoms with E-state index >= 15 is 0 Å². The molecule has 0 aromatic heterocycles. The highest BCUT2D eigenvalue weighted by atomic mass is 16.5. The average molecular weight is 176 g/mol. The normalized spacial score (nSPS) is 25.9. The minimum absolute atomic E-state index is 0.00917. The molecule has 1 N–H and O–H groups in total. The molecule has 2 atom stereocenters. The lowest BCUT2D eigenvalue weighted by molar-refractivity contribution is 0.0747. The van der Waals surface area contributed by atoms with Crippen LogP contribution in [0.5, 0.6) is 5.75 Å². The maximum atomic E-state index is 9.87. The predicted molar refractivity (Wildman–Crippen MR) is 50.6 cm³/mol. The van der Waals surface area contributed by atoms with Crippen molar-refractivity contribution in [2.75, 3.05) is 6.61 Å². The van der Waals surface area contributed by atoms with E-state index in [1.165, 1.54) is 0 Å². The Bertz CT molecular complexity index is 320. The summed E-state index contributed by atoms with van der Waals surface area (Å²) in [5.74, 6) is 0.794. The van der Waals surface area contributed by atoms with Gasteiger partial charge in [0.05, 0.1) is 12.7 Å². The molecule has 2 unspecified atom stereocenters. The maximum Gasteiger partial charge on any atom is 0.125 e. The van der Waals surface area contributed by atoms with E-state index in [0.717, 1.165) is 11.3 Å². The number of hydrogen-bond acceptors (Lipinski definition) is 2. The first-order valence-corrected chi connectivity index (χ1v) is 4.35. The largest absolute Gasteiger partial charge is 0.492 e. The Kier molecular flexibility index (Phi) is 2.07. The van der Waals surface area contributed by atoms with Gasteiger partial charge in [-0.25, -0.2) is 0 Å². The Balaban J connectivity index is 2.38. The summed E-state index contributed by atoms with van der Waals surface area (Å²) in [6.45, 7) is 4.18. The molecule has 1 aromatic carbocycles. The molecule has 0 saturated carbocycles. The summed E-state index contributed by atoms with van der Waals surface area (Å²) in [6, 6.07) is 7.56. The molecule has 68 valence electrons. The zero-order chi connectivity index (χ0) is 9.26. The van der Waals surface area contributed by atoms with Crippen molar-refractivity contribution < 1.29 is 9.84 Å². The predicted octanol–water partition coefficient (Wildman–Crippen LogP) is 1.91. The van der Waals surface area contributed by atoms with Crippen LogP contribution in [0, 0.1) is 5.92 Å². The average Bonchev–Trinajstić information content (AvgIpc) is 2.19. The van der Waals surface area contributed by atoms with E-state index in [1.807, 2.05) is 24.3 Å². The summed E-state index contributed by atoms with van der Waals surface area (Å²) in [5.41, 5.74) is 0.860. The molecule has 0 fully saturated rings. The third-order valence-electron chi connectivity index (χ3n) is 2.38. The van der Waals surface area contributed by atoms with Crippen LogP contribution in [0.1, 0.15) is 11.7 Å². The topological polar surface area (TPSA) is 29.5 Å². The molecule has 0 amide bonds. The first kappa shape index (κ1) is 8.32. The Morgan fingerprint density at radius 2 is 2.23 bits per heavy atom. The fraction of sp³-hybridized carbons (Fsp3) is 0.273. The zero-order valence-corrected chi connectivity index (χ0v) is 7.31. The molecule has 13 heavy (non-hydrogen) atoms. The summed E-state index contributed by atoms with van der Waals surface area (Å²) >= 11 is 0. The molecule has 1 heterocycles. The quantitative estimate of drug-likeness (QED) is 0.662. The number of para-hydroxylation sites is 1. The number of aliphatic hydroxyl groups is 1. The standard InChI is InChI=1S/C11H12O2/c1-2-8-7-13-10-6-4-3-5-9(10)11(8)12/h2-6,8,11-12H,1,7H2. The van der Waals surface area contributed by atoms with Crippen LogP contribution in [0.25, 0.3) is 0 Å². The van der Waals surface area contributed by atoms with Gasteiger partial charge in [0.1, 0.15) is 5.75 Å². The molecule has 0 radical (unpaired) electrons. The van der Waals surface area contributed by atoms with Crippen LogP contribution < -0.4 is 4.74 Å². The molecular weight excluding hydrogens is 164 g/mol. The third kappa shape index (κ3) is 1.33. The fourth-order valence-corrected chi connectivity index (χ4v) is 1.56. The van der Waals surface area contributed by atoms with Gasteiger partial charge in [-0.3, -0.25) is 0 Å². The maximum absolute atomic E-state index is 9.87. The summed E-state index contributed by atoms with van der Waals surface area (Å²) in [7, 11) is 0. The van der Waals surface area contributed by atoms with Gasteiger partial charge in [-0.15, -0.1) is 6.58 Å². The monoisotopic (exact) mass is 176 g/mol. The SMILES string of the molecule is C=CC1COc2ccccc2C1O. The Labute approximate surface area is 77.5 Å². The van der Waals surface area contributed by atoms with E-state index in [2.05, 4.69) is 6.58 Å². The van der Waals surface area contributed by atoms with Crippen molar-refractivity contribution in [3.8, 4) is 5.75 Å². The highest BCUT2D eigenvalue weighted by molar-refractivity contribution is 5.37. The Morgan fingerprint density at radius 3 is 3.00 bits per heavy atom. The second-order valence-corrected chi connectivity index (χ2v) is 3.19. The summed E-state index contributed by atoms with van der Waals surface area (Å²) < 4.78 is 5.47. The van der Waals surface area contributed by atoms with Crippen molar-refractivity contribution in [1.82, 2.24) is 0 Å². The van der Waals surface area contributed by atoms with Crippen LogP contribution in [-0.4, -0.2) is 11.7 Å². The smallest absolute Gasteiger partial charge is 0.125 e. The second-order valence-electron chi connectivity index (χ2n) is 3.19. The van der Waals surface area contributed by atoms with Gasteiger partial charge in [0.2, 0.25) is 0 Å². The Hall–Kier alpha value is -1.28. The number of fused-ring (bicyclic) bond motifs is 1. The van der Waals surface area contributed by atoms with Crippen molar-refractivity contribution in [1.29, 1.82) is 0 Å². The van der Waals surface area contributed by atoms with Crippen molar-refractivity contribution >= 4 is 0 Å². The van der Waals surface area contributed by atoms with Crippen LogP contribution in [0.2, 0.25) is 0 Å². The molecular formula is C11H12O2. The van der Waals surface area contributed by atoms with Crippen molar-refractivity contribution in [2.24, 2.45) is 5.92 Å². The summed E-state index contributed by atoms with van der Waals surface area (Å²) in [5, 5.41) is 9.87. The summed E-state index contributed by atoms with van der Waals surface area (Å²) in [4.78, 5) is 0. The number of ether oxygens (including phenoxy) is 1. The second kappa shape index (κ2) is 3.23. The van der Waals surface area contributed by atoms with Gasteiger partial charge in [-0.05, 0) is 6.07 Å². The van der Waals surface area contributed by atoms with Crippen molar-refractivity contribution in [2.45, 2.75) is 6.10 Å². The number of hydrogen-bond donors (Lipinski definition) is 1. The minimum Gasteiger partial charge on any atom is -0.492 e. The molecule has 2 heteroatoms. The summed E-state index contributed by atoms with van der Waals surface area (Å²) in [6.07, 6.45) is 1.27. The van der Waals surface area contributed by atoms with E-state index in [-0.39, 0.29) is 5.92 Å². The van der Waals surface area contributed by atoms with Gasteiger partial charge in [0.15, 0.2) is 0 Å². The van der Waals surface area contributed by atoms with Crippen LogP contribution >= 0.6 is 0 Å². The van der Waals surface area contributed by atoms with E-state index in [1.54, 1.807) is 6.08 Å². The van der Waals surface area contributed by atoms with Gasteiger partial charge in [-0.1, -0.05) is 24.3 Å². The van der Waals surface area contributed by atoms with Gasteiger partial charge in [0.25, 0.3) is 0 Å². The van der Waals surface area contributed by atoms with E-state index in [9.17, 15) is 5.11 Å². The molecule has 2 rings (SSSR count). The van der Waals surface area contributed by atoms with Crippen LogP contribution in [-0.2, 0) is 0 Å². The molecule has 0 spiro atoms.